The van der Waals surface area contributed by atoms with Gasteiger partial charge in [0.05, 0.1) is 24.4 Å². The number of likely N-dealkylation sites (tertiary alicyclic amines) is 1. The molecule has 0 aliphatic carbocycles. The van der Waals surface area contributed by atoms with E-state index < -0.39 is 6.10 Å². The monoisotopic (exact) mass is 511 g/mol. The third-order valence-corrected chi connectivity index (χ3v) is 7.00. The number of carbonyl (C=O) groups excluding carboxylic acids is 1. The molecule has 0 saturated carbocycles. The number of halogens is 1. The van der Waals surface area contributed by atoms with Crippen molar-refractivity contribution in [1.82, 2.24) is 20.2 Å². The number of aromatic nitrogens is 2. The van der Waals surface area contributed by atoms with Gasteiger partial charge in [0, 0.05) is 41.7 Å². The Balaban J connectivity index is 1.18. The zero-order valence-electron chi connectivity index (χ0n) is 20.2. The average Bonchev–Trinajstić information content (AvgIpc) is 2.88. The standard InChI is InChI=1S/C26H30ClN5O4/c1-35-23-9-5-17-4-7-19(27)24(25(17)31-23)20(33)14-32-10-2-3-16(13-32)11-28-12-18-6-8-21-26(29-18)30-22(34)15-36-21/h4-9,16,20,28,33H,2-3,10-15H2,1H3,(H,29,30,34). The Morgan fingerprint density at radius 1 is 1.28 bits per heavy atom. The maximum atomic E-state index is 11.5. The molecule has 0 bridgehead atoms. The first-order valence-corrected chi connectivity index (χ1v) is 12.5. The molecule has 36 heavy (non-hydrogen) atoms. The number of aliphatic hydroxyl groups excluding tert-OH is 1. The van der Waals surface area contributed by atoms with Gasteiger partial charge < -0.3 is 30.1 Å². The predicted octanol–water partition coefficient (Wildman–Crippen LogP) is 3.16. The molecule has 9 nitrogen and oxygen atoms in total. The van der Waals surface area contributed by atoms with E-state index in [2.05, 4.69) is 25.5 Å². The molecule has 190 valence electrons. The van der Waals surface area contributed by atoms with Crippen LogP contribution in [-0.2, 0) is 11.3 Å². The lowest BCUT2D eigenvalue weighted by Crippen LogP contribution is -2.41. The van der Waals surface area contributed by atoms with Crippen molar-refractivity contribution in [3.05, 3.63) is 52.7 Å². The number of piperidine rings is 1. The highest BCUT2D eigenvalue weighted by Gasteiger charge is 2.25. The molecule has 2 aromatic heterocycles. The van der Waals surface area contributed by atoms with Crippen molar-refractivity contribution in [2.24, 2.45) is 5.92 Å². The summed E-state index contributed by atoms with van der Waals surface area (Å²) >= 11 is 6.51. The summed E-state index contributed by atoms with van der Waals surface area (Å²) in [5.74, 6) is 1.82. The number of β-amino-alcohol motifs (C(OH)–C–C–N with tert-alkyl or cyclic N) is 1. The smallest absolute Gasteiger partial charge is 0.263 e. The van der Waals surface area contributed by atoms with Gasteiger partial charge in [-0.1, -0.05) is 17.7 Å². The van der Waals surface area contributed by atoms with Gasteiger partial charge in [0.1, 0.15) is 0 Å². The van der Waals surface area contributed by atoms with E-state index in [9.17, 15) is 9.90 Å². The van der Waals surface area contributed by atoms with Crippen LogP contribution in [0.5, 0.6) is 11.6 Å². The summed E-state index contributed by atoms with van der Waals surface area (Å²) in [4.78, 5) is 22.9. The molecule has 3 N–H and O–H groups in total. The van der Waals surface area contributed by atoms with Gasteiger partial charge in [-0.25, -0.2) is 9.97 Å². The normalized spacial score (nSPS) is 18.9. The Bertz CT molecular complexity index is 1260. The van der Waals surface area contributed by atoms with Crippen molar-refractivity contribution < 1.29 is 19.4 Å². The van der Waals surface area contributed by atoms with Gasteiger partial charge in [-0.2, -0.15) is 0 Å². The van der Waals surface area contributed by atoms with Gasteiger partial charge in [-0.15, -0.1) is 0 Å². The Labute approximate surface area is 214 Å². The van der Waals surface area contributed by atoms with E-state index >= 15 is 0 Å². The molecule has 1 amide bonds. The Morgan fingerprint density at radius 3 is 3.00 bits per heavy atom. The number of aliphatic hydroxyl groups is 1. The van der Waals surface area contributed by atoms with Crippen molar-refractivity contribution in [2.75, 3.05) is 45.2 Å². The summed E-state index contributed by atoms with van der Waals surface area (Å²) in [5.41, 5.74) is 2.16. The summed E-state index contributed by atoms with van der Waals surface area (Å²) in [6.07, 6.45) is 1.42. The van der Waals surface area contributed by atoms with Crippen LogP contribution in [0.25, 0.3) is 10.9 Å². The summed E-state index contributed by atoms with van der Waals surface area (Å²) in [7, 11) is 1.57. The molecule has 0 spiro atoms. The molecule has 2 atom stereocenters. The van der Waals surface area contributed by atoms with Crippen molar-refractivity contribution in [3.63, 3.8) is 0 Å². The zero-order valence-corrected chi connectivity index (χ0v) is 20.9. The summed E-state index contributed by atoms with van der Waals surface area (Å²) in [6.45, 7) is 3.75. The molecule has 2 aliphatic rings. The van der Waals surface area contributed by atoms with Gasteiger partial charge in [0.25, 0.3) is 5.91 Å². The largest absolute Gasteiger partial charge is 0.481 e. The number of amides is 1. The molecular formula is C26H30ClN5O4. The summed E-state index contributed by atoms with van der Waals surface area (Å²) < 4.78 is 10.6. The maximum absolute atomic E-state index is 11.5. The fraction of sp³-hybridized carbons (Fsp3) is 0.423. The lowest BCUT2D eigenvalue weighted by Gasteiger charge is -2.34. The van der Waals surface area contributed by atoms with Gasteiger partial charge in [-0.3, -0.25) is 4.79 Å². The second-order valence-corrected chi connectivity index (χ2v) is 9.69. The fourth-order valence-corrected chi connectivity index (χ4v) is 5.20. The van der Waals surface area contributed by atoms with Crippen LogP contribution in [0.2, 0.25) is 5.02 Å². The fourth-order valence-electron chi connectivity index (χ4n) is 4.93. The average molecular weight is 512 g/mol. The first-order valence-electron chi connectivity index (χ1n) is 12.2. The highest BCUT2D eigenvalue weighted by Crippen LogP contribution is 2.32. The van der Waals surface area contributed by atoms with Crippen LogP contribution in [0, 0.1) is 5.92 Å². The molecule has 2 unspecified atom stereocenters. The molecule has 2 aliphatic heterocycles. The van der Waals surface area contributed by atoms with Crippen LogP contribution in [-0.4, -0.2) is 65.8 Å². The number of anilines is 1. The minimum atomic E-state index is -0.760. The topological polar surface area (TPSA) is 109 Å². The van der Waals surface area contributed by atoms with Crippen LogP contribution < -0.4 is 20.1 Å². The van der Waals surface area contributed by atoms with Crippen LogP contribution in [0.1, 0.15) is 30.2 Å². The number of methoxy groups -OCH3 is 1. The first kappa shape index (κ1) is 24.7. The molecule has 5 rings (SSSR count). The predicted molar refractivity (Wildman–Crippen MR) is 137 cm³/mol. The van der Waals surface area contributed by atoms with E-state index in [1.54, 1.807) is 13.2 Å². The van der Waals surface area contributed by atoms with Crippen molar-refractivity contribution >= 4 is 34.2 Å². The molecule has 4 heterocycles. The second-order valence-electron chi connectivity index (χ2n) is 9.29. The van der Waals surface area contributed by atoms with E-state index in [1.807, 2.05) is 30.3 Å². The number of fused-ring (bicyclic) bond motifs is 2. The van der Waals surface area contributed by atoms with Crippen LogP contribution in [0.4, 0.5) is 5.82 Å². The summed E-state index contributed by atoms with van der Waals surface area (Å²) in [6, 6.07) is 11.2. The van der Waals surface area contributed by atoms with E-state index in [-0.39, 0.29) is 12.5 Å². The number of hydrogen-bond donors (Lipinski definition) is 3. The number of benzene rings is 1. The molecule has 0 radical (unpaired) electrons. The maximum Gasteiger partial charge on any atom is 0.263 e. The van der Waals surface area contributed by atoms with Crippen LogP contribution in [0.15, 0.2) is 36.4 Å². The molecule has 1 saturated heterocycles. The second kappa shape index (κ2) is 11.0. The molecule has 1 aromatic carbocycles. The van der Waals surface area contributed by atoms with Crippen LogP contribution >= 0.6 is 11.6 Å². The van der Waals surface area contributed by atoms with E-state index in [4.69, 9.17) is 21.1 Å². The molecule has 10 heteroatoms. The van der Waals surface area contributed by atoms with E-state index in [0.717, 1.165) is 43.6 Å². The number of carbonyl (C=O) groups is 1. The van der Waals surface area contributed by atoms with Gasteiger partial charge in [0.15, 0.2) is 18.2 Å². The molecule has 1 fully saturated rings. The van der Waals surface area contributed by atoms with Crippen LogP contribution in [0.3, 0.4) is 0 Å². The first-order chi connectivity index (χ1) is 17.5. The number of nitrogens with one attached hydrogen (secondary N) is 2. The Morgan fingerprint density at radius 2 is 2.14 bits per heavy atom. The highest BCUT2D eigenvalue weighted by atomic mass is 35.5. The zero-order chi connectivity index (χ0) is 25.1. The summed E-state index contributed by atoms with van der Waals surface area (Å²) in [5, 5.41) is 18.8. The Hall–Kier alpha value is -2.98. The van der Waals surface area contributed by atoms with Gasteiger partial charge >= 0.3 is 0 Å². The van der Waals surface area contributed by atoms with Gasteiger partial charge in [0.2, 0.25) is 5.88 Å². The minimum absolute atomic E-state index is 0.0244. The quantitative estimate of drug-likeness (QED) is 0.423. The molecule has 3 aromatic rings. The number of hydrogen-bond acceptors (Lipinski definition) is 8. The van der Waals surface area contributed by atoms with E-state index in [0.29, 0.717) is 52.6 Å². The lowest BCUT2D eigenvalue weighted by molar-refractivity contribution is -0.118. The lowest BCUT2D eigenvalue weighted by atomic mass is 9.96. The highest BCUT2D eigenvalue weighted by molar-refractivity contribution is 6.32. The Kier molecular flexibility index (Phi) is 7.52. The number of nitrogens with zero attached hydrogens (tertiary/aromatic N) is 3. The number of pyridine rings is 2. The van der Waals surface area contributed by atoms with Gasteiger partial charge in [-0.05, 0) is 56.1 Å². The van der Waals surface area contributed by atoms with Crippen molar-refractivity contribution in [1.29, 1.82) is 0 Å². The SMILES string of the molecule is COc1ccc2ccc(Cl)c(C(O)CN3CCCC(CNCc4ccc5c(n4)NC(=O)CO5)C3)c2n1. The minimum Gasteiger partial charge on any atom is -0.481 e. The van der Waals surface area contributed by atoms with Crippen molar-refractivity contribution in [3.8, 4) is 11.6 Å². The number of rotatable bonds is 8. The third kappa shape index (κ3) is 5.54. The van der Waals surface area contributed by atoms with Crippen molar-refractivity contribution in [2.45, 2.75) is 25.5 Å². The third-order valence-electron chi connectivity index (χ3n) is 6.67. The van der Waals surface area contributed by atoms with E-state index in [1.165, 1.54) is 0 Å². The molecular weight excluding hydrogens is 482 g/mol. The number of ether oxygens (including phenoxy) is 2.